The second-order valence-corrected chi connectivity index (χ2v) is 4.93. The minimum absolute atomic E-state index is 0.287. The molecular weight excluding hydrogens is 240 g/mol. The molecule has 4 heteroatoms. The number of hydrogen-bond acceptors (Lipinski definition) is 4. The highest BCUT2D eigenvalue weighted by Gasteiger charge is 2.23. The van der Waals surface area contributed by atoms with Crippen LogP contribution in [0.1, 0.15) is 24.9 Å². The maximum Gasteiger partial charge on any atom is 0.161 e. The van der Waals surface area contributed by atoms with Gasteiger partial charge in [0.25, 0.3) is 0 Å². The van der Waals surface area contributed by atoms with E-state index in [4.69, 9.17) is 15.2 Å². The Morgan fingerprint density at radius 1 is 1.16 bits per heavy atom. The molecular formula is C15H26N2O2. The molecule has 0 bridgehead atoms. The molecule has 2 atom stereocenters. The fraction of sp³-hybridized carbons (Fsp3) is 0.600. The highest BCUT2D eigenvalue weighted by Crippen LogP contribution is 2.35. The van der Waals surface area contributed by atoms with Crippen molar-refractivity contribution in [1.82, 2.24) is 4.90 Å². The molecule has 2 N–H and O–H groups in total. The predicted octanol–water partition coefficient (Wildman–Crippen LogP) is 2.29. The van der Waals surface area contributed by atoms with Gasteiger partial charge in [0.05, 0.1) is 14.2 Å². The fourth-order valence-electron chi connectivity index (χ4n) is 2.55. The van der Waals surface area contributed by atoms with E-state index in [-0.39, 0.29) is 6.04 Å². The van der Waals surface area contributed by atoms with Crippen LogP contribution in [0.25, 0.3) is 0 Å². The van der Waals surface area contributed by atoms with Crippen molar-refractivity contribution in [3.63, 3.8) is 0 Å². The van der Waals surface area contributed by atoms with Crippen molar-refractivity contribution in [1.29, 1.82) is 0 Å². The second kappa shape index (κ2) is 7.36. The van der Waals surface area contributed by atoms with E-state index in [1.165, 1.54) is 5.56 Å². The maximum atomic E-state index is 5.90. The predicted molar refractivity (Wildman–Crippen MR) is 78.8 cm³/mol. The minimum Gasteiger partial charge on any atom is -0.493 e. The lowest BCUT2D eigenvalue weighted by molar-refractivity contribution is 0.210. The zero-order valence-corrected chi connectivity index (χ0v) is 12.6. The van der Waals surface area contributed by atoms with E-state index in [1.54, 1.807) is 14.2 Å². The number of hydrogen-bond donors (Lipinski definition) is 1. The van der Waals surface area contributed by atoms with Gasteiger partial charge in [-0.1, -0.05) is 19.4 Å². The molecule has 0 aliphatic carbocycles. The van der Waals surface area contributed by atoms with Gasteiger partial charge in [-0.3, -0.25) is 0 Å². The Kier molecular flexibility index (Phi) is 6.12. The van der Waals surface area contributed by atoms with Crippen LogP contribution in [-0.2, 0) is 0 Å². The largest absolute Gasteiger partial charge is 0.493 e. The molecule has 19 heavy (non-hydrogen) atoms. The molecule has 0 aromatic heterocycles. The summed E-state index contributed by atoms with van der Waals surface area (Å²) in [6.07, 6.45) is 1.05. The van der Waals surface area contributed by atoms with E-state index < -0.39 is 0 Å². The highest BCUT2D eigenvalue weighted by atomic mass is 16.5. The van der Waals surface area contributed by atoms with Crippen LogP contribution in [0.2, 0.25) is 0 Å². The molecule has 108 valence electrons. The average Bonchev–Trinajstić information content (AvgIpc) is 2.43. The Labute approximate surface area is 116 Å². The molecule has 4 nitrogen and oxygen atoms in total. The van der Waals surface area contributed by atoms with E-state index in [9.17, 15) is 0 Å². The van der Waals surface area contributed by atoms with E-state index in [1.807, 2.05) is 12.1 Å². The molecule has 1 rings (SSSR count). The molecule has 0 spiro atoms. The summed E-state index contributed by atoms with van der Waals surface area (Å²) in [6, 6.07) is 6.37. The smallest absolute Gasteiger partial charge is 0.161 e. The zero-order chi connectivity index (χ0) is 14.4. The van der Waals surface area contributed by atoms with E-state index in [0.717, 1.165) is 17.9 Å². The molecule has 1 aromatic rings. The first-order valence-electron chi connectivity index (χ1n) is 6.67. The van der Waals surface area contributed by atoms with Crippen LogP contribution >= 0.6 is 0 Å². The summed E-state index contributed by atoms with van der Waals surface area (Å²) in [6.45, 7) is 2.85. The number of methoxy groups -OCH3 is 2. The third kappa shape index (κ3) is 3.61. The fourth-order valence-corrected chi connectivity index (χ4v) is 2.55. The summed E-state index contributed by atoms with van der Waals surface area (Å²) in [4.78, 5) is 2.21. The van der Waals surface area contributed by atoms with Gasteiger partial charge in [0.15, 0.2) is 11.5 Å². The van der Waals surface area contributed by atoms with Crippen LogP contribution in [0, 0.1) is 5.92 Å². The van der Waals surface area contributed by atoms with Crippen molar-refractivity contribution in [3.05, 3.63) is 23.8 Å². The number of rotatable bonds is 7. The van der Waals surface area contributed by atoms with E-state index in [2.05, 4.69) is 32.0 Å². The Morgan fingerprint density at radius 2 is 1.79 bits per heavy atom. The van der Waals surface area contributed by atoms with Gasteiger partial charge in [0.1, 0.15) is 0 Å². The first kappa shape index (κ1) is 15.8. The number of nitrogens with two attached hydrogens (primary N) is 1. The molecule has 0 saturated heterocycles. The normalized spacial score (nSPS) is 14.3. The number of benzene rings is 1. The molecule has 0 fully saturated rings. The quantitative estimate of drug-likeness (QED) is 0.822. The van der Waals surface area contributed by atoms with Gasteiger partial charge >= 0.3 is 0 Å². The standard InChI is InChI=1S/C15H26N2O2/c1-6-11(10-16)15(17(2)3)12-7-8-13(18-4)14(9-12)19-5/h7-9,11,15H,6,10,16H2,1-5H3. The van der Waals surface area contributed by atoms with Crippen molar-refractivity contribution in [2.45, 2.75) is 19.4 Å². The molecule has 0 aliphatic heterocycles. The zero-order valence-electron chi connectivity index (χ0n) is 12.6. The summed E-state index contributed by atoms with van der Waals surface area (Å²) >= 11 is 0. The van der Waals surface area contributed by atoms with Gasteiger partial charge in [-0.25, -0.2) is 0 Å². The van der Waals surface area contributed by atoms with Crippen molar-refractivity contribution in [2.75, 3.05) is 34.9 Å². The monoisotopic (exact) mass is 266 g/mol. The van der Waals surface area contributed by atoms with Crippen LogP contribution in [-0.4, -0.2) is 39.8 Å². The molecule has 0 saturated carbocycles. The minimum atomic E-state index is 0.287. The van der Waals surface area contributed by atoms with Crippen molar-refractivity contribution in [3.8, 4) is 11.5 Å². The maximum absolute atomic E-state index is 5.90. The van der Waals surface area contributed by atoms with Crippen molar-refractivity contribution >= 4 is 0 Å². The third-order valence-electron chi connectivity index (χ3n) is 3.58. The van der Waals surface area contributed by atoms with Gasteiger partial charge in [-0.2, -0.15) is 0 Å². The SMILES string of the molecule is CCC(CN)C(c1ccc(OC)c(OC)c1)N(C)C. The Balaban J connectivity index is 3.16. The molecule has 2 unspecified atom stereocenters. The average molecular weight is 266 g/mol. The number of nitrogens with zero attached hydrogens (tertiary/aromatic N) is 1. The summed E-state index contributed by atoms with van der Waals surface area (Å²) in [7, 11) is 7.47. The Bertz CT molecular complexity index is 390. The molecule has 0 radical (unpaired) electrons. The lowest BCUT2D eigenvalue weighted by Crippen LogP contribution is -2.31. The van der Waals surface area contributed by atoms with Gasteiger partial charge in [-0.15, -0.1) is 0 Å². The topological polar surface area (TPSA) is 47.7 Å². The molecule has 0 amide bonds. The number of ether oxygens (including phenoxy) is 2. The van der Waals surface area contributed by atoms with Crippen LogP contribution < -0.4 is 15.2 Å². The van der Waals surface area contributed by atoms with Crippen LogP contribution in [0.4, 0.5) is 0 Å². The first-order valence-corrected chi connectivity index (χ1v) is 6.67. The van der Waals surface area contributed by atoms with Gasteiger partial charge in [-0.05, 0) is 44.3 Å². The van der Waals surface area contributed by atoms with E-state index in [0.29, 0.717) is 12.5 Å². The second-order valence-electron chi connectivity index (χ2n) is 4.93. The van der Waals surface area contributed by atoms with Gasteiger partial charge < -0.3 is 20.1 Å². The third-order valence-corrected chi connectivity index (χ3v) is 3.58. The van der Waals surface area contributed by atoms with Gasteiger partial charge in [0, 0.05) is 6.04 Å². The molecule has 1 aromatic carbocycles. The summed E-state index contributed by atoms with van der Waals surface area (Å²) < 4.78 is 10.7. The molecule has 0 heterocycles. The van der Waals surface area contributed by atoms with Gasteiger partial charge in [0.2, 0.25) is 0 Å². The lowest BCUT2D eigenvalue weighted by Gasteiger charge is -2.32. The Morgan fingerprint density at radius 3 is 2.21 bits per heavy atom. The molecule has 0 aliphatic rings. The van der Waals surface area contributed by atoms with Crippen molar-refractivity contribution in [2.24, 2.45) is 11.7 Å². The highest BCUT2D eigenvalue weighted by molar-refractivity contribution is 5.44. The van der Waals surface area contributed by atoms with Crippen molar-refractivity contribution < 1.29 is 9.47 Å². The van der Waals surface area contributed by atoms with Crippen LogP contribution in [0.3, 0.4) is 0 Å². The van der Waals surface area contributed by atoms with E-state index >= 15 is 0 Å². The first-order chi connectivity index (χ1) is 9.08. The van der Waals surface area contributed by atoms with Crippen LogP contribution in [0.5, 0.6) is 11.5 Å². The van der Waals surface area contributed by atoms with Crippen LogP contribution in [0.15, 0.2) is 18.2 Å². The Hall–Kier alpha value is -1.26. The summed E-state index contributed by atoms with van der Waals surface area (Å²) in [5.74, 6) is 1.94. The summed E-state index contributed by atoms with van der Waals surface area (Å²) in [5.41, 5.74) is 7.11. The lowest BCUT2D eigenvalue weighted by atomic mass is 9.90. The summed E-state index contributed by atoms with van der Waals surface area (Å²) in [5, 5.41) is 0.